The standard InChI is InChI=1S/C21H23N3O3/c1-4-18(27-17-13-9-6-10-14-17)20(25)22-19-15(2)23(3)24(21(19)26)16-11-7-5-8-12-16/h5-14,18H,4H2,1-3H3,(H,22,25)/t18-/m1/s1. The Morgan fingerprint density at radius 1 is 1.07 bits per heavy atom. The van der Waals surface area contributed by atoms with E-state index in [0.29, 0.717) is 17.9 Å². The predicted molar refractivity (Wildman–Crippen MR) is 106 cm³/mol. The van der Waals surface area contributed by atoms with Gasteiger partial charge in [-0.25, -0.2) is 4.68 Å². The lowest BCUT2D eigenvalue weighted by atomic mass is 10.2. The van der Waals surface area contributed by atoms with E-state index >= 15 is 0 Å². The molecule has 0 unspecified atom stereocenters. The summed E-state index contributed by atoms with van der Waals surface area (Å²) < 4.78 is 9.03. The van der Waals surface area contributed by atoms with Crippen LogP contribution in [-0.4, -0.2) is 21.4 Å². The van der Waals surface area contributed by atoms with E-state index in [2.05, 4.69) is 5.32 Å². The number of benzene rings is 2. The molecule has 0 aliphatic carbocycles. The average molecular weight is 365 g/mol. The molecule has 2 aromatic carbocycles. The summed E-state index contributed by atoms with van der Waals surface area (Å²) in [6.45, 7) is 3.67. The fourth-order valence-electron chi connectivity index (χ4n) is 2.90. The number of carbonyl (C=O) groups is 1. The van der Waals surface area contributed by atoms with Gasteiger partial charge in [-0.05, 0) is 37.6 Å². The van der Waals surface area contributed by atoms with Crippen molar-refractivity contribution in [2.45, 2.75) is 26.4 Å². The van der Waals surface area contributed by atoms with E-state index in [4.69, 9.17) is 4.74 Å². The summed E-state index contributed by atoms with van der Waals surface area (Å²) in [7, 11) is 1.79. The van der Waals surface area contributed by atoms with Crippen LogP contribution in [0, 0.1) is 6.92 Å². The number of aromatic nitrogens is 2. The molecule has 0 bridgehead atoms. The Kier molecular flexibility index (Phi) is 5.45. The van der Waals surface area contributed by atoms with Crippen molar-refractivity contribution >= 4 is 11.6 Å². The lowest BCUT2D eigenvalue weighted by Crippen LogP contribution is -2.34. The van der Waals surface area contributed by atoms with Gasteiger partial charge < -0.3 is 10.1 Å². The van der Waals surface area contributed by atoms with Crippen LogP contribution >= 0.6 is 0 Å². The van der Waals surface area contributed by atoms with Gasteiger partial charge in [0.15, 0.2) is 6.10 Å². The largest absolute Gasteiger partial charge is 0.481 e. The van der Waals surface area contributed by atoms with Gasteiger partial charge in [0.2, 0.25) is 0 Å². The van der Waals surface area contributed by atoms with Gasteiger partial charge in [-0.2, -0.15) is 0 Å². The fourth-order valence-corrected chi connectivity index (χ4v) is 2.90. The second-order valence-corrected chi connectivity index (χ2v) is 6.25. The minimum absolute atomic E-state index is 0.265. The Labute approximate surface area is 158 Å². The third-order valence-electron chi connectivity index (χ3n) is 4.49. The number of anilines is 1. The molecule has 3 aromatic rings. The van der Waals surface area contributed by atoms with Gasteiger partial charge in [0, 0.05) is 7.05 Å². The van der Waals surface area contributed by atoms with Crippen LogP contribution < -0.4 is 15.6 Å². The lowest BCUT2D eigenvalue weighted by molar-refractivity contribution is -0.122. The van der Waals surface area contributed by atoms with Gasteiger partial charge in [-0.3, -0.25) is 14.3 Å². The average Bonchev–Trinajstić information content (AvgIpc) is 2.90. The van der Waals surface area contributed by atoms with Crippen LogP contribution in [0.1, 0.15) is 19.0 Å². The first kappa shape index (κ1) is 18.5. The number of amides is 1. The summed E-state index contributed by atoms with van der Waals surface area (Å²) in [5, 5.41) is 2.76. The molecule has 1 amide bonds. The lowest BCUT2D eigenvalue weighted by Gasteiger charge is -2.16. The molecule has 0 aliphatic rings. The third kappa shape index (κ3) is 3.79. The van der Waals surface area contributed by atoms with E-state index < -0.39 is 6.10 Å². The van der Waals surface area contributed by atoms with Gasteiger partial charge in [-0.1, -0.05) is 43.3 Å². The number of para-hydroxylation sites is 2. The summed E-state index contributed by atoms with van der Waals surface area (Å²) in [6.07, 6.45) is -0.198. The summed E-state index contributed by atoms with van der Waals surface area (Å²) in [5.41, 5.74) is 1.40. The van der Waals surface area contributed by atoms with Gasteiger partial charge >= 0.3 is 0 Å². The van der Waals surface area contributed by atoms with Crippen molar-refractivity contribution in [3.05, 3.63) is 76.7 Å². The number of hydrogen-bond acceptors (Lipinski definition) is 3. The maximum atomic E-state index is 12.9. The highest BCUT2D eigenvalue weighted by molar-refractivity contribution is 5.94. The first-order chi connectivity index (χ1) is 13.0. The molecule has 6 heteroatoms. The van der Waals surface area contributed by atoms with Crippen molar-refractivity contribution in [2.75, 3.05) is 5.32 Å². The van der Waals surface area contributed by atoms with Gasteiger partial charge in [-0.15, -0.1) is 0 Å². The van der Waals surface area contributed by atoms with Crippen molar-refractivity contribution < 1.29 is 9.53 Å². The summed E-state index contributed by atoms with van der Waals surface area (Å²) in [4.78, 5) is 25.6. The van der Waals surface area contributed by atoms with E-state index in [1.807, 2.05) is 55.5 Å². The Hall–Kier alpha value is -3.28. The summed E-state index contributed by atoms with van der Waals surface area (Å²) in [6, 6.07) is 18.5. The minimum atomic E-state index is -0.684. The van der Waals surface area contributed by atoms with Crippen molar-refractivity contribution in [3.63, 3.8) is 0 Å². The molecule has 6 nitrogen and oxygen atoms in total. The molecule has 3 rings (SSSR count). The molecule has 0 saturated heterocycles. The first-order valence-corrected chi connectivity index (χ1v) is 8.89. The van der Waals surface area contributed by atoms with Crippen molar-refractivity contribution in [1.82, 2.24) is 9.36 Å². The van der Waals surface area contributed by atoms with Gasteiger partial charge in [0.1, 0.15) is 11.4 Å². The van der Waals surface area contributed by atoms with Gasteiger partial charge in [0.05, 0.1) is 11.4 Å². The van der Waals surface area contributed by atoms with Crippen molar-refractivity contribution in [2.24, 2.45) is 7.05 Å². The summed E-state index contributed by atoms with van der Waals surface area (Å²) in [5.74, 6) is 0.276. The highest BCUT2D eigenvalue weighted by Crippen LogP contribution is 2.17. The van der Waals surface area contributed by atoms with E-state index in [1.54, 1.807) is 30.8 Å². The Bertz CT molecular complexity index is 975. The molecule has 0 spiro atoms. The molecule has 1 aromatic heterocycles. The van der Waals surface area contributed by atoms with Crippen molar-refractivity contribution in [1.29, 1.82) is 0 Å². The maximum Gasteiger partial charge on any atom is 0.295 e. The third-order valence-corrected chi connectivity index (χ3v) is 4.49. The van der Waals surface area contributed by atoms with E-state index in [0.717, 1.165) is 5.69 Å². The molecule has 0 radical (unpaired) electrons. The second-order valence-electron chi connectivity index (χ2n) is 6.25. The highest BCUT2D eigenvalue weighted by Gasteiger charge is 2.23. The van der Waals surface area contributed by atoms with Crippen LogP contribution in [0.25, 0.3) is 5.69 Å². The number of ether oxygens (including phenoxy) is 1. The van der Waals surface area contributed by atoms with E-state index in [9.17, 15) is 9.59 Å². The smallest absolute Gasteiger partial charge is 0.295 e. The Morgan fingerprint density at radius 2 is 1.67 bits per heavy atom. The molecular formula is C21H23N3O3. The van der Waals surface area contributed by atoms with Crippen molar-refractivity contribution in [3.8, 4) is 11.4 Å². The second kappa shape index (κ2) is 7.95. The minimum Gasteiger partial charge on any atom is -0.481 e. The van der Waals surface area contributed by atoms with Crippen LogP contribution in [0.3, 0.4) is 0 Å². The highest BCUT2D eigenvalue weighted by atomic mass is 16.5. The number of rotatable bonds is 6. The molecule has 0 fully saturated rings. The van der Waals surface area contributed by atoms with Crippen LogP contribution in [0.2, 0.25) is 0 Å². The van der Waals surface area contributed by atoms with E-state index in [1.165, 1.54) is 4.68 Å². The van der Waals surface area contributed by atoms with Crippen LogP contribution in [0.5, 0.6) is 5.75 Å². The molecular weight excluding hydrogens is 342 g/mol. The molecule has 1 heterocycles. The zero-order valence-corrected chi connectivity index (χ0v) is 15.7. The van der Waals surface area contributed by atoms with E-state index in [-0.39, 0.29) is 17.2 Å². The summed E-state index contributed by atoms with van der Waals surface area (Å²) >= 11 is 0. The molecule has 1 N–H and O–H groups in total. The molecule has 27 heavy (non-hydrogen) atoms. The zero-order chi connectivity index (χ0) is 19.4. The van der Waals surface area contributed by atoms with Crippen LogP contribution in [0.4, 0.5) is 5.69 Å². The number of hydrogen-bond donors (Lipinski definition) is 1. The predicted octanol–water partition coefficient (Wildman–Crippen LogP) is 3.28. The SMILES string of the molecule is CC[C@@H](Oc1ccccc1)C(=O)Nc1c(C)n(C)n(-c2ccccc2)c1=O. The molecule has 140 valence electrons. The maximum absolute atomic E-state index is 12.9. The Balaban J connectivity index is 1.87. The number of nitrogens with one attached hydrogen (secondary N) is 1. The zero-order valence-electron chi connectivity index (χ0n) is 15.7. The topological polar surface area (TPSA) is 65.3 Å². The van der Waals surface area contributed by atoms with Crippen LogP contribution in [0.15, 0.2) is 65.5 Å². The number of carbonyl (C=O) groups excluding carboxylic acids is 1. The normalized spacial score (nSPS) is 11.8. The quantitative estimate of drug-likeness (QED) is 0.729. The monoisotopic (exact) mass is 365 g/mol. The first-order valence-electron chi connectivity index (χ1n) is 8.89. The molecule has 0 aliphatic heterocycles. The number of nitrogens with zero attached hydrogens (tertiary/aromatic N) is 2. The Morgan fingerprint density at radius 3 is 2.26 bits per heavy atom. The van der Waals surface area contributed by atoms with Gasteiger partial charge in [0.25, 0.3) is 11.5 Å². The molecule has 0 saturated carbocycles. The fraction of sp³-hybridized carbons (Fsp3) is 0.238. The molecule has 1 atom stereocenters. The van der Waals surface area contributed by atoms with Crippen LogP contribution in [-0.2, 0) is 11.8 Å².